The number of ether oxygens (including phenoxy) is 1. The van der Waals surface area contributed by atoms with Gasteiger partial charge in [-0.05, 0) is 48.9 Å². The van der Waals surface area contributed by atoms with E-state index in [1.807, 2.05) is 0 Å². The van der Waals surface area contributed by atoms with Crippen LogP contribution in [-0.4, -0.2) is 43.9 Å². The van der Waals surface area contributed by atoms with Crippen molar-refractivity contribution >= 4 is 17.5 Å². The van der Waals surface area contributed by atoms with Crippen LogP contribution in [0.2, 0.25) is 0 Å². The number of rotatable bonds is 12. The molecule has 15 heteroatoms. The number of halogens is 5. The molecule has 2 heterocycles. The van der Waals surface area contributed by atoms with E-state index in [0.29, 0.717) is 5.56 Å². The van der Waals surface area contributed by atoms with Crippen LogP contribution >= 0.6 is 0 Å². The number of nitrogens with zero attached hydrogens (tertiary/aromatic N) is 4. The van der Waals surface area contributed by atoms with E-state index < -0.39 is 35.6 Å². The van der Waals surface area contributed by atoms with Crippen LogP contribution < -0.4 is 20.9 Å². The standard InChI is InChI=1S/C27H29F5N6O4/c28-19(8-10-37-11-9-21(24(29)26(37)41)34-23(39)13-17-4-1-2-5-17)15-38-16-22(35-36-38)25(40)33-14-18-6-3-7-20(12-18)42-27(30,31)32/h3,6-7,9,11-12,16-17,19H,1-2,4-5,8,10,13-15H2,(H,33,40)(H,34,39). The first kappa shape index (κ1) is 30.7. The molecule has 2 amide bonds. The summed E-state index contributed by atoms with van der Waals surface area (Å²) in [4.78, 5) is 36.9. The Morgan fingerprint density at radius 1 is 1.17 bits per heavy atom. The number of amides is 2. The van der Waals surface area contributed by atoms with Crippen LogP contribution in [0.5, 0.6) is 5.75 Å². The zero-order valence-corrected chi connectivity index (χ0v) is 22.4. The lowest BCUT2D eigenvalue weighted by atomic mass is 10.0. The molecule has 0 radical (unpaired) electrons. The molecule has 10 nitrogen and oxygen atoms in total. The fourth-order valence-electron chi connectivity index (χ4n) is 4.69. The molecule has 0 aliphatic heterocycles. The molecule has 4 rings (SSSR count). The zero-order chi connectivity index (χ0) is 30.3. The summed E-state index contributed by atoms with van der Waals surface area (Å²) in [5, 5.41) is 12.3. The van der Waals surface area contributed by atoms with Gasteiger partial charge in [0.2, 0.25) is 11.7 Å². The molecule has 1 unspecified atom stereocenters. The monoisotopic (exact) mass is 596 g/mol. The second-order valence-electron chi connectivity index (χ2n) is 10.0. The van der Waals surface area contributed by atoms with E-state index in [1.165, 1.54) is 30.6 Å². The molecule has 1 aliphatic carbocycles. The number of pyridine rings is 1. The van der Waals surface area contributed by atoms with Crippen molar-refractivity contribution in [2.75, 3.05) is 5.32 Å². The molecule has 2 N–H and O–H groups in total. The average Bonchev–Trinajstić information content (AvgIpc) is 3.61. The number of anilines is 1. The van der Waals surface area contributed by atoms with E-state index in [0.717, 1.165) is 47.1 Å². The Balaban J connectivity index is 1.24. The predicted octanol–water partition coefficient (Wildman–Crippen LogP) is 4.35. The molecular formula is C27H29F5N6O4. The Morgan fingerprint density at radius 2 is 1.93 bits per heavy atom. The van der Waals surface area contributed by atoms with Crippen LogP contribution in [0.4, 0.5) is 27.6 Å². The third-order valence-corrected chi connectivity index (χ3v) is 6.75. The quantitative estimate of drug-likeness (QED) is 0.300. The number of alkyl halides is 4. The second-order valence-corrected chi connectivity index (χ2v) is 10.0. The largest absolute Gasteiger partial charge is 0.573 e. The van der Waals surface area contributed by atoms with Crippen molar-refractivity contribution in [3.63, 3.8) is 0 Å². The number of nitrogens with one attached hydrogen (secondary N) is 2. The Hall–Kier alpha value is -4.30. The van der Waals surface area contributed by atoms with Crippen molar-refractivity contribution in [1.82, 2.24) is 24.9 Å². The highest BCUT2D eigenvalue weighted by Gasteiger charge is 2.31. The minimum absolute atomic E-state index is 0.124. The van der Waals surface area contributed by atoms with Gasteiger partial charge in [-0.3, -0.25) is 14.4 Å². The number of hydrogen-bond acceptors (Lipinski definition) is 6. The van der Waals surface area contributed by atoms with Gasteiger partial charge in [0.15, 0.2) is 5.69 Å². The molecule has 1 atom stereocenters. The Labute approximate surface area is 236 Å². The van der Waals surface area contributed by atoms with Gasteiger partial charge in [-0.2, -0.15) is 4.39 Å². The van der Waals surface area contributed by atoms with Crippen LogP contribution in [0.3, 0.4) is 0 Å². The summed E-state index contributed by atoms with van der Waals surface area (Å²) >= 11 is 0. The number of hydrogen-bond donors (Lipinski definition) is 2. The van der Waals surface area contributed by atoms with E-state index in [9.17, 15) is 36.3 Å². The Bertz CT molecular complexity index is 1450. The molecule has 1 aromatic carbocycles. The van der Waals surface area contributed by atoms with Crippen molar-refractivity contribution in [3.05, 3.63) is 70.2 Å². The summed E-state index contributed by atoms with van der Waals surface area (Å²) in [6.45, 7) is -0.573. The molecule has 1 aliphatic rings. The lowest BCUT2D eigenvalue weighted by Gasteiger charge is -2.13. The summed E-state index contributed by atoms with van der Waals surface area (Å²) in [7, 11) is 0. The fourth-order valence-corrected chi connectivity index (χ4v) is 4.69. The minimum atomic E-state index is -4.85. The lowest BCUT2D eigenvalue weighted by molar-refractivity contribution is -0.274. The van der Waals surface area contributed by atoms with E-state index in [-0.39, 0.29) is 55.7 Å². The van der Waals surface area contributed by atoms with E-state index in [4.69, 9.17) is 0 Å². The molecular weight excluding hydrogens is 567 g/mol. The highest BCUT2D eigenvalue weighted by molar-refractivity contribution is 5.92. The number of aromatic nitrogens is 4. The SMILES string of the molecule is O=C(CC1CCCC1)Nc1ccn(CCC(F)Cn2cc(C(=O)NCc3cccc(OC(F)(F)F)c3)nn2)c(=O)c1F. The topological polar surface area (TPSA) is 120 Å². The van der Waals surface area contributed by atoms with Gasteiger partial charge in [-0.25, -0.2) is 9.07 Å². The third-order valence-electron chi connectivity index (χ3n) is 6.75. The maximum absolute atomic E-state index is 14.6. The first-order chi connectivity index (χ1) is 20.0. The zero-order valence-electron chi connectivity index (χ0n) is 22.4. The molecule has 0 bridgehead atoms. The van der Waals surface area contributed by atoms with Gasteiger partial charge < -0.3 is 19.9 Å². The molecule has 3 aromatic rings. The van der Waals surface area contributed by atoms with Gasteiger partial charge in [0.05, 0.1) is 18.4 Å². The van der Waals surface area contributed by atoms with Gasteiger partial charge >= 0.3 is 6.36 Å². The molecule has 1 fully saturated rings. The van der Waals surface area contributed by atoms with Crippen molar-refractivity contribution in [1.29, 1.82) is 0 Å². The van der Waals surface area contributed by atoms with Gasteiger partial charge in [0, 0.05) is 25.7 Å². The normalized spacial score (nSPS) is 14.5. The number of benzene rings is 1. The molecule has 2 aromatic heterocycles. The summed E-state index contributed by atoms with van der Waals surface area (Å²) in [5.41, 5.74) is -1.01. The van der Waals surface area contributed by atoms with Crippen molar-refractivity contribution in [3.8, 4) is 5.75 Å². The molecule has 0 saturated heterocycles. The van der Waals surface area contributed by atoms with Crippen molar-refractivity contribution < 1.29 is 36.3 Å². The van der Waals surface area contributed by atoms with Crippen molar-refractivity contribution in [2.45, 2.75) is 70.7 Å². The Morgan fingerprint density at radius 3 is 2.67 bits per heavy atom. The molecule has 42 heavy (non-hydrogen) atoms. The van der Waals surface area contributed by atoms with E-state index in [2.05, 4.69) is 25.7 Å². The summed E-state index contributed by atoms with van der Waals surface area (Å²) in [5.74, 6) is -2.34. The maximum Gasteiger partial charge on any atom is 0.573 e. The van der Waals surface area contributed by atoms with Gasteiger partial charge in [-0.15, -0.1) is 18.3 Å². The van der Waals surface area contributed by atoms with Crippen LogP contribution in [0.1, 0.15) is 54.6 Å². The van der Waals surface area contributed by atoms with Crippen molar-refractivity contribution in [2.24, 2.45) is 5.92 Å². The second kappa shape index (κ2) is 13.6. The highest BCUT2D eigenvalue weighted by Crippen LogP contribution is 2.28. The summed E-state index contributed by atoms with van der Waals surface area (Å²) in [6, 6.07) is 6.34. The maximum atomic E-state index is 14.6. The molecule has 0 spiro atoms. The van der Waals surface area contributed by atoms with Gasteiger partial charge in [0.1, 0.15) is 11.9 Å². The van der Waals surface area contributed by atoms with Gasteiger partial charge in [-0.1, -0.05) is 30.2 Å². The summed E-state index contributed by atoms with van der Waals surface area (Å²) < 4.78 is 72.4. The lowest BCUT2D eigenvalue weighted by Crippen LogP contribution is -2.27. The first-order valence-corrected chi connectivity index (χ1v) is 13.3. The predicted molar refractivity (Wildman–Crippen MR) is 140 cm³/mol. The number of carbonyl (C=O) groups excluding carboxylic acids is 2. The van der Waals surface area contributed by atoms with Crippen LogP contribution in [0.15, 0.2) is 47.5 Å². The van der Waals surface area contributed by atoms with E-state index >= 15 is 0 Å². The highest BCUT2D eigenvalue weighted by atomic mass is 19.4. The third kappa shape index (κ3) is 8.85. The number of aryl methyl sites for hydroxylation is 1. The molecule has 226 valence electrons. The van der Waals surface area contributed by atoms with E-state index in [1.54, 1.807) is 0 Å². The van der Waals surface area contributed by atoms with Gasteiger partial charge in [0.25, 0.3) is 11.5 Å². The van der Waals surface area contributed by atoms with Crippen LogP contribution in [0.25, 0.3) is 0 Å². The number of carbonyl (C=O) groups is 2. The average molecular weight is 597 g/mol. The Kier molecular flexibility index (Phi) is 9.91. The summed E-state index contributed by atoms with van der Waals surface area (Å²) in [6.07, 6.45) is 0.231. The molecule has 1 saturated carbocycles. The first-order valence-electron chi connectivity index (χ1n) is 13.3. The smallest absolute Gasteiger partial charge is 0.406 e. The van der Waals surface area contributed by atoms with Crippen LogP contribution in [-0.2, 0) is 24.4 Å². The minimum Gasteiger partial charge on any atom is -0.406 e. The fraction of sp³-hybridized carbons (Fsp3) is 0.444. The van der Waals surface area contributed by atoms with Crippen LogP contribution in [0, 0.1) is 11.7 Å².